The van der Waals surface area contributed by atoms with E-state index in [1.165, 1.54) is 13.8 Å². The molecule has 17 heteroatoms. The van der Waals surface area contributed by atoms with Crippen LogP contribution in [0.1, 0.15) is 128 Å². The number of esters is 3. The van der Waals surface area contributed by atoms with Crippen LogP contribution in [0.4, 0.5) is 0 Å². The van der Waals surface area contributed by atoms with Crippen molar-refractivity contribution in [2.24, 2.45) is 23.7 Å². The van der Waals surface area contributed by atoms with Gasteiger partial charge in [-0.1, -0.05) is 60.1 Å². The van der Waals surface area contributed by atoms with E-state index in [2.05, 4.69) is 20.9 Å². The summed E-state index contributed by atoms with van der Waals surface area (Å²) in [4.78, 5) is 68.2. The number of benzene rings is 2. The summed E-state index contributed by atoms with van der Waals surface area (Å²) < 4.78 is 42.6. The van der Waals surface area contributed by atoms with Crippen LogP contribution in [0, 0.1) is 23.7 Å². The fourth-order valence-corrected chi connectivity index (χ4v) is 11.3. The van der Waals surface area contributed by atoms with Crippen molar-refractivity contribution < 1.29 is 62.2 Å². The van der Waals surface area contributed by atoms with Gasteiger partial charge in [0.15, 0.2) is 0 Å². The molecule has 12 atom stereocenters. The highest BCUT2D eigenvalue weighted by atomic mass is 79.9. The molecule has 3 aromatic heterocycles. The van der Waals surface area contributed by atoms with E-state index in [0.717, 1.165) is 4.47 Å². The lowest BCUT2D eigenvalue weighted by atomic mass is 9.61. The number of aromatic nitrogens is 1. The van der Waals surface area contributed by atoms with Gasteiger partial charge in [-0.2, -0.15) is 0 Å². The van der Waals surface area contributed by atoms with Crippen LogP contribution in [0.2, 0.25) is 0 Å². The number of carbonyl (C=O) groups is 3. The number of ether oxygens (including phenoxy) is 5. The zero-order valence-corrected chi connectivity index (χ0v) is 43.7. The predicted octanol–water partition coefficient (Wildman–Crippen LogP) is 9.24. The van der Waals surface area contributed by atoms with E-state index in [1.807, 2.05) is 51.1 Å². The fraction of sp³-hybridized carbons (Fsp3) is 0.464. The van der Waals surface area contributed by atoms with Gasteiger partial charge in [-0.15, -0.1) is 0 Å². The van der Waals surface area contributed by atoms with E-state index in [4.69, 9.17) is 32.5 Å². The molecule has 2 saturated carbocycles. The van der Waals surface area contributed by atoms with Gasteiger partial charge in [0, 0.05) is 65.8 Å². The van der Waals surface area contributed by atoms with Crippen LogP contribution in [0.5, 0.6) is 11.5 Å². The monoisotopic (exact) mass is 1070 g/mol. The quantitative estimate of drug-likeness (QED) is 0.0874. The first-order valence-corrected chi connectivity index (χ1v) is 25.4. The molecule has 388 valence electrons. The normalized spacial score (nSPS) is 28.4. The number of hydrogen-bond donors (Lipinski definition) is 3. The van der Waals surface area contributed by atoms with Crippen LogP contribution in [0.3, 0.4) is 0 Å². The fourth-order valence-electron chi connectivity index (χ4n) is 11.0. The molecule has 0 radical (unpaired) electrons. The number of pyridine rings is 1. The van der Waals surface area contributed by atoms with Crippen molar-refractivity contribution in [3.05, 3.63) is 133 Å². The van der Waals surface area contributed by atoms with E-state index in [1.54, 1.807) is 81.7 Å². The van der Waals surface area contributed by atoms with E-state index < -0.39 is 87.8 Å². The van der Waals surface area contributed by atoms with Gasteiger partial charge in [0.25, 0.3) is 0 Å². The highest BCUT2D eigenvalue weighted by molar-refractivity contribution is 9.10. The molecule has 3 N–H and O–H groups in total. The maximum absolute atomic E-state index is 13.6. The molecule has 0 amide bonds. The molecule has 0 spiro atoms. The maximum Gasteiger partial charge on any atom is 0.347 e. The summed E-state index contributed by atoms with van der Waals surface area (Å²) in [6.45, 7) is 13.5. The average molecular weight is 1070 g/mol. The minimum absolute atomic E-state index is 0.0403. The second kappa shape index (κ2) is 20.6. The third-order valence-electron chi connectivity index (χ3n) is 15.8. The minimum Gasteiger partial charge on any atom is -0.482 e. The topological polar surface area (TPSA) is 231 Å². The number of aliphatic hydroxyl groups is 3. The van der Waals surface area contributed by atoms with Gasteiger partial charge >= 0.3 is 29.2 Å². The second-order valence-electron chi connectivity index (χ2n) is 20.5. The van der Waals surface area contributed by atoms with E-state index in [9.17, 15) is 39.3 Å². The Hall–Kier alpha value is -6.14. The van der Waals surface area contributed by atoms with Gasteiger partial charge in [-0.05, 0) is 114 Å². The first-order valence-electron chi connectivity index (χ1n) is 24.6. The summed E-state index contributed by atoms with van der Waals surface area (Å²) in [5, 5.41) is 33.5. The van der Waals surface area contributed by atoms with Gasteiger partial charge < -0.3 is 47.8 Å². The van der Waals surface area contributed by atoms with Crippen LogP contribution < -0.4 is 20.7 Å². The molecule has 0 saturated heterocycles. The van der Waals surface area contributed by atoms with Crippen LogP contribution in [0.25, 0.3) is 22.6 Å². The molecular weight excluding hydrogens is 1010 g/mol. The number of halogens is 1. The highest BCUT2D eigenvalue weighted by Crippen LogP contribution is 2.57. The minimum atomic E-state index is -1.20. The molecule has 2 aliphatic carbocycles. The summed E-state index contributed by atoms with van der Waals surface area (Å²) in [5.41, 5.74) is -4.06. The van der Waals surface area contributed by atoms with Crippen molar-refractivity contribution in [2.45, 2.75) is 141 Å². The number of hydrogen-bond acceptors (Lipinski definition) is 16. The molecule has 2 aromatic carbocycles. The number of rotatable bonds is 10. The highest BCUT2D eigenvalue weighted by Gasteiger charge is 2.62. The van der Waals surface area contributed by atoms with Gasteiger partial charge in [-0.3, -0.25) is 14.6 Å². The molecule has 2 aliphatic heterocycles. The molecule has 73 heavy (non-hydrogen) atoms. The van der Waals surface area contributed by atoms with Crippen molar-refractivity contribution in [1.82, 2.24) is 4.98 Å². The second-order valence-corrected chi connectivity index (χ2v) is 21.4. The first-order chi connectivity index (χ1) is 34.5. The standard InChI is InChI=1S/C32H33BrO8.C24H29NO7/c1-5-31(3,37)21-15-23-28(40-29(35)20-11-13-22(33)14-12-20)27-25(41-32(23,4)26(16-21)38-18(2)34)17-24(39-30(27)36)19-9-7-6-8-10-19;1-5-23(3,29)15-9-16-21(27)20-18(32-24(16,4)19(10-15)30-13(2)26)11-17(31-22(20)28)14-7-6-8-25-12-14/h6-14,17,21,23,26,28,37H,5,15-16H2,1-4H3;6-8,11-12,15-16,19,21,27,29H,5,9-10H2,1-4H3/t21-,23-,26-,28-,31+,32-;15-,16-,19-,21-,23+,24-/m11/s1. The summed E-state index contributed by atoms with van der Waals surface area (Å²) in [5.74, 6) is -2.44. The van der Waals surface area contributed by atoms with Crippen LogP contribution in [-0.2, 0) is 23.8 Å². The molecule has 16 nitrogen and oxygen atoms in total. The van der Waals surface area contributed by atoms with Crippen molar-refractivity contribution in [1.29, 1.82) is 0 Å². The van der Waals surface area contributed by atoms with Gasteiger partial charge in [0.1, 0.15) is 63.7 Å². The summed E-state index contributed by atoms with van der Waals surface area (Å²) in [6, 6.07) is 22.5. The molecule has 2 fully saturated rings. The molecule has 9 rings (SSSR count). The van der Waals surface area contributed by atoms with Crippen LogP contribution in [0.15, 0.2) is 114 Å². The van der Waals surface area contributed by atoms with Gasteiger partial charge in [0.05, 0.1) is 22.9 Å². The molecule has 4 aliphatic rings. The lowest BCUT2D eigenvalue weighted by molar-refractivity contribution is -0.204. The Morgan fingerprint density at radius 2 is 1.19 bits per heavy atom. The molecule has 0 unspecified atom stereocenters. The Bertz CT molecular complexity index is 2960. The summed E-state index contributed by atoms with van der Waals surface area (Å²) >= 11 is 3.37. The number of fused-ring (bicyclic) bond motifs is 4. The Kier molecular flexibility index (Phi) is 15.0. The number of nitrogens with zero attached hydrogens (tertiary/aromatic N) is 1. The molecule has 0 bridgehead atoms. The Labute approximate surface area is 431 Å². The first kappa shape index (κ1) is 53.2. The summed E-state index contributed by atoms with van der Waals surface area (Å²) in [6.07, 6.45) is 1.82. The van der Waals surface area contributed by atoms with Gasteiger partial charge in [-0.25, -0.2) is 14.4 Å². The molecule has 5 aromatic rings. The third-order valence-corrected chi connectivity index (χ3v) is 16.4. The largest absolute Gasteiger partial charge is 0.482 e. The van der Waals surface area contributed by atoms with Crippen LogP contribution >= 0.6 is 15.9 Å². The average Bonchev–Trinajstić information content (AvgIpc) is 3.34. The zero-order chi connectivity index (χ0) is 52.8. The summed E-state index contributed by atoms with van der Waals surface area (Å²) in [7, 11) is 0. The predicted molar refractivity (Wildman–Crippen MR) is 269 cm³/mol. The smallest absolute Gasteiger partial charge is 0.347 e. The zero-order valence-electron chi connectivity index (χ0n) is 42.1. The van der Waals surface area contributed by atoms with E-state index in [0.29, 0.717) is 61.0 Å². The Morgan fingerprint density at radius 3 is 1.71 bits per heavy atom. The van der Waals surface area contributed by atoms with Crippen molar-refractivity contribution in [2.75, 3.05) is 0 Å². The third kappa shape index (κ3) is 10.5. The Balaban J connectivity index is 0.000000201. The van der Waals surface area contributed by atoms with E-state index in [-0.39, 0.29) is 40.2 Å². The number of carbonyl (C=O) groups excluding carboxylic acids is 3. The van der Waals surface area contributed by atoms with E-state index >= 15 is 0 Å². The van der Waals surface area contributed by atoms with Crippen LogP contribution in [-0.4, -0.2) is 72.8 Å². The SMILES string of the molecule is CC[C@](C)(O)[C@@H]1C[C@@H]2[C@@H](O)c3c(cc(-c4cccnc4)oc3=O)O[C@@]2(C)[C@H](OC(C)=O)C1.CC[C@](C)(O)[C@@H]1C[C@@H]2[C@@H](OC(=O)c3ccc(Br)cc3)c3c(cc(-c4ccccc4)oc3=O)O[C@@]2(C)[C@H](OC(C)=O)C1. The maximum atomic E-state index is 13.6. The Morgan fingerprint density at radius 1 is 0.699 bits per heavy atom. The lowest BCUT2D eigenvalue weighted by Crippen LogP contribution is -2.63. The number of aliphatic hydroxyl groups excluding tert-OH is 1. The van der Waals surface area contributed by atoms with Crippen molar-refractivity contribution >= 4 is 33.8 Å². The lowest BCUT2D eigenvalue weighted by Gasteiger charge is -2.54. The van der Waals surface area contributed by atoms with Gasteiger partial charge in [0.2, 0.25) is 0 Å². The van der Waals surface area contributed by atoms with Crippen molar-refractivity contribution in [3.63, 3.8) is 0 Å². The van der Waals surface area contributed by atoms with Crippen molar-refractivity contribution in [3.8, 4) is 34.1 Å². The molecular formula is C56H62BrNO15. The molecule has 5 heterocycles.